The molecule has 0 unspecified atom stereocenters. The van der Waals surface area contributed by atoms with Gasteiger partial charge in [-0.05, 0) is 36.0 Å². The third-order valence-electron chi connectivity index (χ3n) is 5.31. The topological polar surface area (TPSA) is 15.7 Å². The number of ether oxygens (including phenoxy) is 1. The molecule has 1 aromatic rings. The van der Waals surface area contributed by atoms with E-state index in [1.165, 1.54) is 25.6 Å². The lowest BCUT2D eigenvalue weighted by atomic mass is 10.0. The van der Waals surface area contributed by atoms with Gasteiger partial charge in [-0.2, -0.15) is 0 Å². The average molecular weight is 290 g/mol. The molecule has 0 saturated carbocycles. The maximum absolute atomic E-state index is 13.3. The van der Waals surface area contributed by atoms with Crippen LogP contribution in [0.15, 0.2) is 24.3 Å². The third-order valence-corrected chi connectivity index (χ3v) is 5.31. The standard InChI is InChI=1S/C17H23FN2O/c18-16-3-1-2-13(6-16)7-19-8-14-10-20(11-15(14)9-19)17-4-5-21-12-17/h1-3,6,14-15,17H,4-5,7-12H2/t14-,15+,17-/m0/s1. The first-order valence-electron chi connectivity index (χ1n) is 8.06. The van der Waals surface area contributed by atoms with Crippen LogP contribution in [0.3, 0.4) is 0 Å². The van der Waals surface area contributed by atoms with E-state index in [-0.39, 0.29) is 5.82 Å². The molecule has 0 amide bonds. The summed E-state index contributed by atoms with van der Waals surface area (Å²) >= 11 is 0. The van der Waals surface area contributed by atoms with Crippen LogP contribution in [0.1, 0.15) is 12.0 Å². The van der Waals surface area contributed by atoms with Crippen molar-refractivity contribution in [3.63, 3.8) is 0 Å². The van der Waals surface area contributed by atoms with E-state index in [9.17, 15) is 4.39 Å². The summed E-state index contributed by atoms with van der Waals surface area (Å²) in [7, 11) is 0. The lowest BCUT2D eigenvalue weighted by molar-refractivity contribution is 0.149. The summed E-state index contributed by atoms with van der Waals surface area (Å²) in [6, 6.07) is 7.68. The van der Waals surface area contributed by atoms with Gasteiger partial charge >= 0.3 is 0 Å². The monoisotopic (exact) mass is 290 g/mol. The van der Waals surface area contributed by atoms with Gasteiger partial charge in [0.1, 0.15) is 5.82 Å². The molecule has 0 aromatic heterocycles. The highest BCUT2D eigenvalue weighted by molar-refractivity contribution is 5.16. The summed E-state index contributed by atoms with van der Waals surface area (Å²) in [5, 5.41) is 0. The number of nitrogens with zero attached hydrogens (tertiary/aromatic N) is 2. The van der Waals surface area contributed by atoms with E-state index < -0.39 is 0 Å². The maximum Gasteiger partial charge on any atom is 0.123 e. The molecule has 0 spiro atoms. The van der Waals surface area contributed by atoms with Gasteiger partial charge in [-0.25, -0.2) is 4.39 Å². The van der Waals surface area contributed by atoms with Gasteiger partial charge in [0.15, 0.2) is 0 Å². The van der Waals surface area contributed by atoms with E-state index in [1.54, 1.807) is 6.07 Å². The molecule has 0 radical (unpaired) electrons. The number of benzene rings is 1. The Hall–Kier alpha value is -0.970. The van der Waals surface area contributed by atoms with Crippen molar-refractivity contribution in [1.82, 2.24) is 9.80 Å². The summed E-state index contributed by atoms with van der Waals surface area (Å²) in [6.07, 6.45) is 1.20. The minimum atomic E-state index is -0.126. The fourth-order valence-corrected chi connectivity index (χ4v) is 4.26. The minimum absolute atomic E-state index is 0.126. The Labute approximate surface area is 125 Å². The molecule has 21 heavy (non-hydrogen) atoms. The molecule has 3 atom stereocenters. The first-order chi connectivity index (χ1) is 10.3. The van der Waals surface area contributed by atoms with Crippen LogP contribution in [0.2, 0.25) is 0 Å². The normalized spacial score (nSPS) is 33.7. The predicted octanol–water partition coefficient (Wildman–Crippen LogP) is 1.98. The Balaban J connectivity index is 1.33. The fourth-order valence-electron chi connectivity index (χ4n) is 4.26. The summed E-state index contributed by atoms with van der Waals surface area (Å²) in [6.45, 7) is 7.50. The molecule has 3 saturated heterocycles. The van der Waals surface area contributed by atoms with Crippen molar-refractivity contribution < 1.29 is 9.13 Å². The zero-order valence-electron chi connectivity index (χ0n) is 12.4. The van der Waals surface area contributed by atoms with Crippen LogP contribution >= 0.6 is 0 Å². The molecule has 1 aromatic carbocycles. The van der Waals surface area contributed by atoms with Crippen molar-refractivity contribution in [2.75, 3.05) is 39.4 Å². The number of halogens is 1. The smallest absolute Gasteiger partial charge is 0.123 e. The fraction of sp³-hybridized carbons (Fsp3) is 0.647. The SMILES string of the molecule is Fc1cccc(CN2C[C@@H]3CN([C@H]4CCOC4)C[C@@H]3C2)c1. The number of likely N-dealkylation sites (tertiary alicyclic amines) is 2. The van der Waals surface area contributed by atoms with Crippen LogP contribution in [0, 0.1) is 17.7 Å². The molecule has 3 heterocycles. The second-order valence-corrected chi connectivity index (χ2v) is 6.82. The maximum atomic E-state index is 13.3. The van der Waals surface area contributed by atoms with Gasteiger partial charge in [0.25, 0.3) is 0 Å². The van der Waals surface area contributed by atoms with Gasteiger partial charge < -0.3 is 4.74 Å². The first kappa shape index (κ1) is 13.7. The molecule has 4 rings (SSSR count). The van der Waals surface area contributed by atoms with Crippen molar-refractivity contribution in [3.05, 3.63) is 35.6 Å². The van der Waals surface area contributed by atoms with Crippen LogP contribution in [-0.2, 0) is 11.3 Å². The summed E-state index contributed by atoms with van der Waals surface area (Å²) in [5.74, 6) is 1.46. The van der Waals surface area contributed by atoms with E-state index in [0.717, 1.165) is 50.2 Å². The summed E-state index contributed by atoms with van der Waals surface area (Å²) in [4.78, 5) is 5.13. The Morgan fingerprint density at radius 3 is 2.62 bits per heavy atom. The number of hydrogen-bond donors (Lipinski definition) is 0. The van der Waals surface area contributed by atoms with E-state index >= 15 is 0 Å². The average Bonchev–Trinajstić information content (AvgIpc) is 3.12. The largest absolute Gasteiger partial charge is 0.380 e. The zero-order chi connectivity index (χ0) is 14.2. The molecule has 3 fully saturated rings. The van der Waals surface area contributed by atoms with Crippen LogP contribution in [0.4, 0.5) is 4.39 Å². The molecular weight excluding hydrogens is 267 g/mol. The number of rotatable bonds is 3. The molecule has 0 aliphatic carbocycles. The minimum Gasteiger partial charge on any atom is -0.380 e. The second-order valence-electron chi connectivity index (χ2n) is 6.82. The number of fused-ring (bicyclic) bond motifs is 1. The molecule has 4 heteroatoms. The van der Waals surface area contributed by atoms with Gasteiger partial charge in [0, 0.05) is 45.4 Å². The quantitative estimate of drug-likeness (QED) is 0.846. The van der Waals surface area contributed by atoms with Crippen LogP contribution < -0.4 is 0 Å². The van der Waals surface area contributed by atoms with Gasteiger partial charge in [-0.3, -0.25) is 9.80 Å². The second kappa shape index (κ2) is 5.67. The molecule has 3 aliphatic heterocycles. The number of hydrogen-bond acceptors (Lipinski definition) is 3. The highest BCUT2D eigenvalue weighted by Gasteiger charge is 2.42. The Kier molecular flexibility index (Phi) is 3.69. The highest BCUT2D eigenvalue weighted by atomic mass is 19.1. The van der Waals surface area contributed by atoms with E-state index in [2.05, 4.69) is 9.80 Å². The Bertz CT molecular complexity index is 489. The van der Waals surface area contributed by atoms with Gasteiger partial charge in [-0.1, -0.05) is 12.1 Å². The van der Waals surface area contributed by atoms with Crippen molar-refractivity contribution in [3.8, 4) is 0 Å². The highest BCUT2D eigenvalue weighted by Crippen LogP contribution is 2.34. The van der Waals surface area contributed by atoms with Crippen LogP contribution in [0.5, 0.6) is 0 Å². The lowest BCUT2D eigenvalue weighted by Crippen LogP contribution is -2.36. The van der Waals surface area contributed by atoms with Crippen molar-refractivity contribution in [2.24, 2.45) is 11.8 Å². The molecule has 0 N–H and O–H groups in total. The summed E-state index contributed by atoms with van der Waals surface area (Å²) in [5.41, 5.74) is 1.09. The molecule has 3 aliphatic rings. The van der Waals surface area contributed by atoms with E-state index in [1.807, 2.05) is 12.1 Å². The van der Waals surface area contributed by atoms with Crippen molar-refractivity contribution >= 4 is 0 Å². The first-order valence-corrected chi connectivity index (χ1v) is 8.06. The van der Waals surface area contributed by atoms with Gasteiger partial charge in [-0.15, -0.1) is 0 Å². The molecule has 114 valence electrons. The van der Waals surface area contributed by atoms with Crippen LogP contribution in [0.25, 0.3) is 0 Å². The lowest BCUT2D eigenvalue weighted by Gasteiger charge is -2.25. The van der Waals surface area contributed by atoms with Crippen molar-refractivity contribution in [1.29, 1.82) is 0 Å². The van der Waals surface area contributed by atoms with E-state index in [0.29, 0.717) is 6.04 Å². The van der Waals surface area contributed by atoms with Gasteiger partial charge in [0.05, 0.1) is 6.61 Å². The molecule has 0 bridgehead atoms. The Morgan fingerprint density at radius 1 is 1.14 bits per heavy atom. The molecular formula is C17H23FN2O. The zero-order valence-corrected chi connectivity index (χ0v) is 12.4. The van der Waals surface area contributed by atoms with E-state index in [4.69, 9.17) is 4.74 Å². The molecule has 3 nitrogen and oxygen atoms in total. The predicted molar refractivity (Wildman–Crippen MR) is 79.5 cm³/mol. The van der Waals surface area contributed by atoms with Gasteiger partial charge in [0.2, 0.25) is 0 Å². The van der Waals surface area contributed by atoms with Crippen LogP contribution in [-0.4, -0.2) is 55.2 Å². The van der Waals surface area contributed by atoms with Crippen molar-refractivity contribution in [2.45, 2.75) is 19.0 Å². The summed E-state index contributed by atoms with van der Waals surface area (Å²) < 4.78 is 18.8. The third kappa shape index (κ3) is 2.85. The Morgan fingerprint density at radius 2 is 1.95 bits per heavy atom.